The Morgan fingerprint density at radius 1 is 1.32 bits per heavy atom. The minimum atomic E-state index is -0.622. The van der Waals surface area contributed by atoms with Crippen LogP contribution in [-0.4, -0.2) is 18.2 Å². The zero-order chi connectivity index (χ0) is 13.9. The third-order valence-corrected chi connectivity index (χ3v) is 3.62. The molecule has 1 aliphatic carbocycles. The molecule has 0 amide bonds. The molecule has 0 aliphatic heterocycles. The Labute approximate surface area is 113 Å². The maximum absolute atomic E-state index is 13.6. The van der Waals surface area contributed by atoms with Crippen molar-refractivity contribution in [1.82, 2.24) is 5.32 Å². The first-order valence-corrected chi connectivity index (χ1v) is 6.88. The molecule has 0 unspecified atom stereocenters. The van der Waals surface area contributed by atoms with Gasteiger partial charge in [0.25, 0.3) is 0 Å². The van der Waals surface area contributed by atoms with Crippen LogP contribution >= 0.6 is 0 Å². The third kappa shape index (κ3) is 3.66. The molecular weight excluding hydrogens is 248 g/mol. The highest BCUT2D eigenvalue weighted by Gasteiger charge is 2.39. The van der Waals surface area contributed by atoms with Gasteiger partial charge in [-0.15, -0.1) is 0 Å². The molecule has 2 nitrogen and oxygen atoms in total. The molecule has 0 heterocycles. The maximum atomic E-state index is 13.6. The van der Waals surface area contributed by atoms with Crippen LogP contribution in [-0.2, 0) is 0 Å². The van der Waals surface area contributed by atoms with Gasteiger partial charge in [0, 0.05) is 12.1 Å². The average Bonchev–Trinajstić information content (AvgIpc) is 2.28. The van der Waals surface area contributed by atoms with Gasteiger partial charge in [-0.25, -0.2) is 8.78 Å². The van der Waals surface area contributed by atoms with Gasteiger partial charge in [-0.2, -0.15) is 0 Å². The molecule has 0 saturated heterocycles. The van der Waals surface area contributed by atoms with E-state index in [0.29, 0.717) is 6.04 Å². The van der Waals surface area contributed by atoms with Crippen LogP contribution in [0.3, 0.4) is 0 Å². The van der Waals surface area contributed by atoms with Crippen LogP contribution in [0.5, 0.6) is 5.75 Å². The van der Waals surface area contributed by atoms with E-state index in [1.807, 2.05) is 0 Å². The van der Waals surface area contributed by atoms with Crippen molar-refractivity contribution in [1.29, 1.82) is 0 Å². The van der Waals surface area contributed by atoms with Crippen LogP contribution in [0.25, 0.3) is 0 Å². The average molecular weight is 269 g/mol. The second kappa shape index (κ2) is 5.87. The van der Waals surface area contributed by atoms with Gasteiger partial charge in [0.1, 0.15) is 11.4 Å². The molecule has 0 atom stereocenters. The number of halogens is 2. The Balaban J connectivity index is 1.98. The lowest BCUT2D eigenvalue weighted by atomic mass is 9.77. The molecule has 1 saturated carbocycles. The Bertz CT molecular complexity index is 430. The third-order valence-electron chi connectivity index (χ3n) is 3.62. The van der Waals surface area contributed by atoms with Gasteiger partial charge in [0.15, 0.2) is 11.6 Å². The van der Waals surface area contributed by atoms with Gasteiger partial charge >= 0.3 is 0 Å². The van der Waals surface area contributed by atoms with Gasteiger partial charge in [-0.3, -0.25) is 0 Å². The Hall–Kier alpha value is -1.16. The smallest absolute Gasteiger partial charge is 0.168 e. The monoisotopic (exact) mass is 269 g/mol. The molecule has 19 heavy (non-hydrogen) atoms. The summed E-state index contributed by atoms with van der Waals surface area (Å²) in [4.78, 5) is 0. The first-order chi connectivity index (χ1) is 9.01. The van der Waals surface area contributed by atoms with Crippen molar-refractivity contribution in [3.05, 3.63) is 29.8 Å². The highest BCUT2D eigenvalue weighted by molar-refractivity contribution is 5.26. The van der Waals surface area contributed by atoms with Crippen molar-refractivity contribution in [2.45, 2.75) is 51.2 Å². The Morgan fingerprint density at radius 3 is 2.58 bits per heavy atom. The molecule has 4 heteroatoms. The van der Waals surface area contributed by atoms with Crippen LogP contribution in [0.2, 0.25) is 0 Å². The first-order valence-electron chi connectivity index (χ1n) is 6.88. The van der Waals surface area contributed by atoms with E-state index >= 15 is 0 Å². The minimum absolute atomic E-state index is 0.158. The van der Waals surface area contributed by atoms with Crippen molar-refractivity contribution in [2.24, 2.45) is 0 Å². The number of rotatable bonds is 6. The van der Waals surface area contributed by atoms with Crippen LogP contribution in [0.4, 0.5) is 8.78 Å². The number of hydrogen-bond acceptors (Lipinski definition) is 2. The van der Waals surface area contributed by atoms with Crippen LogP contribution in [0.15, 0.2) is 18.2 Å². The van der Waals surface area contributed by atoms with E-state index < -0.39 is 11.6 Å². The second-order valence-corrected chi connectivity index (χ2v) is 5.57. The molecule has 1 aromatic rings. The second-order valence-electron chi connectivity index (χ2n) is 5.57. The summed E-state index contributed by atoms with van der Waals surface area (Å²) >= 11 is 0. The quantitative estimate of drug-likeness (QED) is 0.851. The van der Waals surface area contributed by atoms with Crippen LogP contribution in [0, 0.1) is 11.6 Å². The van der Waals surface area contributed by atoms with Gasteiger partial charge in [0.05, 0.1) is 0 Å². The Morgan fingerprint density at radius 2 is 2.05 bits per heavy atom. The lowest BCUT2D eigenvalue weighted by Crippen LogP contribution is -2.46. The highest BCUT2D eigenvalue weighted by Crippen LogP contribution is 2.39. The number of hydrogen-bond donors (Lipinski definition) is 1. The van der Waals surface area contributed by atoms with E-state index in [1.54, 1.807) is 0 Å². The van der Waals surface area contributed by atoms with Crippen LogP contribution in [0.1, 0.15) is 39.5 Å². The summed E-state index contributed by atoms with van der Waals surface area (Å²) in [6.45, 7) is 5.03. The standard InChI is InChI=1S/C15H21F2NO/c1-11(2)18-9-8-15(6-3-7-15)19-14-5-4-12(16)10-13(14)17/h4-5,10-11,18H,3,6-9H2,1-2H3. The zero-order valence-corrected chi connectivity index (χ0v) is 11.5. The van der Waals surface area contributed by atoms with Crippen molar-refractivity contribution in [3.8, 4) is 5.75 Å². The molecule has 1 aromatic carbocycles. The van der Waals surface area contributed by atoms with E-state index in [4.69, 9.17) is 4.74 Å². The summed E-state index contributed by atoms with van der Waals surface area (Å²) in [7, 11) is 0. The largest absolute Gasteiger partial charge is 0.484 e. The molecule has 0 radical (unpaired) electrons. The molecule has 0 spiro atoms. The summed E-state index contributed by atoms with van der Waals surface area (Å²) in [5, 5.41) is 3.35. The van der Waals surface area contributed by atoms with Gasteiger partial charge in [-0.1, -0.05) is 13.8 Å². The summed E-state index contributed by atoms with van der Waals surface area (Å²) in [5.41, 5.74) is -0.277. The van der Waals surface area contributed by atoms with E-state index in [1.165, 1.54) is 12.1 Å². The molecule has 0 aromatic heterocycles. The van der Waals surface area contributed by atoms with E-state index in [0.717, 1.165) is 38.3 Å². The van der Waals surface area contributed by atoms with Crippen LogP contribution < -0.4 is 10.1 Å². The predicted molar refractivity (Wildman–Crippen MR) is 71.3 cm³/mol. The molecular formula is C15H21F2NO. The molecule has 0 bridgehead atoms. The first kappa shape index (κ1) is 14.3. The molecule has 2 rings (SSSR count). The highest BCUT2D eigenvalue weighted by atomic mass is 19.1. The fourth-order valence-corrected chi connectivity index (χ4v) is 2.35. The fraction of sp³-hybridized carbons (Fsp3) is 0.600. The van der Waals surface area contributed by atoms with E-state index in [-0.39, 0.29) is 11.4 Å². The van der Waals surface area contributed by atoms with E-state index in [9.17, 15) is 8.78 Å². The van der Waals surface area contributed by atoms with Crippen molar-refractivity contribution in [3.63, 3.8) is 0 Å². The zero-order valence-electron chi connectivity index (χ0n) is 11.5. The molecule has 1 aliphatic rings. The lowest BCUT2D eigenvalue weighted by Gasteiger charge is -2.42. The van der Waals surface area contributed by atoms with Crippen molar-refractivity contribution in [2.75, 3.05) is 6.54 Å². The molecule has 1 fully saturated rings. The predicted octanol–water partition coefficient (Wildman–Crippen LogP) is 3.65. The summed E-state index contributed by atoms with van der Waals surface area (Å²) < 4.78 is 32.3. The molecule has 106 valence electrons. The maximum Gasteiger partial charge on any atom is 0.168 e. The summed E-state index contributed by atoms with van der Waals surface area (Å²) in [6, 6.07) is 3.91. The van der Waals surface area contributed by atoms with Gasteiger partial charge in [0.2, 0.25) is 0 Å². The van der Waals surface area contributed by atoms with Crippen molar-refractivity contribution >= 4 is 0 Å². The lowest BCUT2D eigenvalue weighted by molar-refractivity contribution is -0.0175. The topological polar surface area (TPSA) is 21.3 Å². The SMILES string of the molecule is CC(C)NCCC1(Oc2ccc(F)cc2F)CCC1. The van der Waals surface area contributed by atoms with Gasteiger partial charge < -0.3 is 10.1 Å². The number of benzene rings is 1. The number of ether oxygens (including phenoxy) is 1. The molecule has 1 N–H and O–H groups in total. The normalized spacial score (nSPS) is 17.3. The summed E-state index contributed by atoms with van der Waals surface area (Å²) in [5.74, 6) is -1.04. The summed E-state index contributed by atoms with van der Waals surface area (Å²) in [6.07, 6.45) is 3.82. The minimum Gasteiger partial charge on any atom is -0.484 e. The fourth-order valence-electron chi connectivity index (χ4n) is 2.35. The van der Waals surface area contributed by atoms with E-state index in [2.05, 4.69) is 19.2 Å². The Kier molecular flexibility index (Phi) is 4.40. The number of nitrogens with one attached hydrogen (secondary N) is 1. The van der Waals surface area contributed by atoms with Crippen molar-refractivity contribution < 1.29 is 13.5 Å². The van der Waals surface area contributed by atoms with Gasteiger partial charge in [-0.05, 0) is 44.4 Å².